The van der Waals surface area contributed by atoms with Crippen LogP contribution >= 0.6 is 0 Å². The molecule has 0 saturated carbocycles. The Morgan fingerprint density at radius 1 is 0.880 bits per heavy atom. The van der Waals surface area contributed by atoms with Crippen LogP contribution in [0.4, 0.5) is 0 Å². The van der Waals surface area contributed by atoms with Crippen LogP contribution in [0.2, 0.25) is 0 Å². The summed E-state index contributed by atoms with van der Waals surface area (Å²) >= 11 is 0. The van der Waals surface area contributed by atoms with Gasteiger partial charge in [0.05, 0.1) is 0 Å². The molecule has 0 amide bonds. The van der Waals surface area contributed by atoms with E-state index in [0.717, 1.165) is 5.56 Å². The van der Waals surface area contributed by atoms with Crippen LogP contribution in [0.1, 0.15) is 23.3 Å². The molecule has 2 N–H and O–H groups in total. The molecule has 0 aliphatic carbocycles. The molecule has 4 rings (SSSR count). The van der Waals surface area contributed by atoms with Gasteiger partial charge in [0.25, 0.3) is 0 Å². The Hall–Kier alpha value is -2.82. The molecule has 3 atom stereocenters. The Morgan fingerprint density at radius 2 is 1.56 bits per heavy atom. The van der Waals surface area contributed by atoms with Gasteiger partial charge >= 0.3 is 0 Å². The van der Waals surface area contributed by atoms with Crippen molar-refractivity contribution < 1.29 is 19.7 Å². The zero-order valence-electron chi connectivity index (χ0n) is 13.4. The molecule has 3 aromatic rings. The highest BCUT2D eigenvalue weighted by atomic mass is 16.6. The Kier molecular flexibility index (Phi) is 4.14. The van der Waals surface area contributed by atoms with E-state index in [-0.39, 0.29) is 18.0 Å². The van der Waals surface area contributed by atoms with E-state index in [0.29, 0.717) is 17.1 Å². The number of hydrogen-bond acceptors (Lipinski definition) is 4. The molecule has 0 unspecified atom stereocenters. The second-order valence-corrected chi connectivity index (χ2v) is 6.02. The zero-order chi connectivity index (χ0) is 17.2. The van der Waals surface area contributed by atoms with Gasteiger partial charge in [-0.05, 0) is 35.4 Å². The molecule has 4 nitrogen and oxygen atoms in total. The third-order valence-corrected chi connectivity index (χ3v) is 4.26. The van der Waals surface area contributed by atoms with Crippen molar-refractivity contribution in [2.24, 2.45) is 0 Å². The van der Waals surface area contributed by atoms with Gasteiger partial charge in [0.15, 0.2) is 11.5 Å². The van der Waals surface area contributed by atoms with Crippen LogP contribution in [0.15, 0.2) is 78.9 Å². The second-order valence-electron chi connectivity index (χ2n) is 6.02. The number of epoxide rings is 1. The van der Waals surface area contributed by atoms with Crippen LogP contribution in [0.25, 0.3) is 0 Å². The summed E-state index contributed by atoms with van der Waals surface area (Å²) in [5.41, 5.74) is 1.64. The van der Waals surface area contributed by atoms with E-state index in [1.165, 1.54) is 6.07 Å². The fourth-order valence-electron chi connectivity index (χ4n) is 2.88. The van der Waals surface area contributed by atoms with Crippen molar-refractivity contribution >= 4 is 0 Å². The first-order valence-corrected chi connectivity index (χ1v) is 8.16. The van der Waals surface area contributed by atoms with Crippen LogP contribution in [0.5, 0.6) is 17.2 Å². The number of rotatable bonds is 5. The molecule has 25 heavy (non-hydrogen) atoms. The summed E-state index contributed by atoms with van der Waals surface area (Å²) in [7, 11) is 0. The first kappa shape index (κ1) is 15.7. The Balaban J connectivity index is 1.47. The number of aliphatic hydroxyl groups is 1. The van der Waals surface area contributed by atoms with Crippen LogP contribution in [-0.2, 0) is 4.74 Å². The Morgan fingerprint density at radius 3 is 2.24 bits per heavy atom. The molecular formula is C21H18O4. The maximum atomic E-state index is 10.5. The number of aliphatic hydroxyl groups excluding tert-OH is 1. The fraction of sp³-hybridized carbons (Fsp3) is 0.143. The number of phenols is 1. The van der Waals surface area contributed by atoms with Crippen molar-refractivity contribution in [3.05, 3.63) is 90.0 Å². The minimum absolute atomic E-state index is 0.0164. The van der Waals surface area contributed by atoms with Gasteiger partial charge < -0.3 is 19.7 Å². The molecule has 3 aromatic carbocycles. The first-order valence-electron chi connectivity index (χ1n) is 8.16. The summed E-state index contributed by atoms with van der Waals surface area (Å²) in [6.45, 7) is 0. The fourth-order valence-corrected chi connectivity index (χ4v) is 2.88. The van der Waals surface area contributed by atoms with Crippen molar-refractivity contribution in [1.82, 2.24) is 0 Å². The normalized spacial score (nSPS) is 20.0. The minimum atomic E-state index is -0.804. The van der Waals surface area contributed by atoms with Crippen molar-refractivity contribution in [2.75, 3.05) is 0 Å². The highest BCUT2D eigenvalue weighted by Gasteiger charge is 2.46. The van der Waals surface area contributed by atoms with Crippen LogP contribution in [0, 0.1) is 0 Å². The van der Waals surface area contributed by atoms with E-state index >= 15 is 0 Å². The number of hydrogen-bond donors (Lipinski definition) is 2. The summed E-state index contributed by atoms with van der Waals surface area (Å²) in [4.78, 5) is 0. The van der Waals surface area contributed by atoms with E-state index in [4.69, 9.17) is 9.47 Å². The van der Waals surface area contributed by atoms with E-state index in [1.54, 1.807) is 12.1 Å². The lowest BCUT2D eigenvalue weighted by Crippen LogP contribution is -2.06. The van der Waals surface area contributed by atoms with Crippen LogP contribution in [-0.4, -0.2) is 16.3 Å². The molecule has 1 aliphatic heterocycles. The van der Waals surface area contributed by atoms with E-state index in [2.05, 4.69) is 0 Å². The lowest BCUT2D eigenvalue weighted by Gasteiger charge is -2.12. The summed E-state index contributed by atoms with van der Waals surface area (Å²) in [5, 5.41) is 20.7. The topological polar surface area (TPSA) is 62.2 Å². The molecule has 1 fully saturated rings. The number of para-hydroxylation sites is 1. The summed E-state index contributed by atoms with van der Waals surface area (Å²) < 4.78 is 11.3. The van der Waals surface area contributed by atoms with Crippen molar-refractivity contribution in [1.29, 1.82) is 0 Å². The minimum Gasteiger partial charge on any atom is -0.504 e. The van der Waals surface area contributed by atoms with E-state index in [1.807, 2.05) is 60.7 Å². The van der Waals surface area contributed by atoms with Gasteiger partial charge in [-0.15, -0.1) is 0 Å². The van der Waals surface area contributed by atoms with Crippen LogP contribution in [0.3, 0.4) is 0 Å². The number of ether oxygens (including phenoxy) is 2. The van der Waals surface area contributed by atoms with E-state index in [9.17, 15) is 10.2 Å². The summed E-state index contributed by atoms with van der Waals surface area (Å²) in [6.07, 6.45) is -1.22. The monoisotopic (exact) mass is 334 g/mol. The third kappa shape index (κ3) is 3.36. The quantitative estimate of drug-likeness (QED) is 0.681. The van der Waals surface area contributed by atoms with Gasteiger partial charge in [0.1, 0.15) is 24.1 Å². The van der Waals surface area contributed by atoms with Gasteiger partial charge in [-0.25, -0.2) is 0 Å². The number of benzene rings is 3. The van der Waals surface area contributed by atoms with Gasteiger partial charge in [-0.1, -0.05) is 54.6 Å². The highest BCUT2D eigenvalue weighted by molar-refractivity contribution is 5.45. The average Bonchev–Trinajstić information content (AvgIpc) is 3.45. The van der Waals surface area contributed by atoms with Crippen molar-refractivity contribution in [3.63, 3.8) is 0 Å². The molecule has 0 bridgehead atoms. The van der Waals surface area contributed by atoms with Gasteiger partial charge in [0.2, 0.25) is 0 Å². The maximum absolute atomic E-state index is 10.5. The van der Waals surface area contributed by atoms with Gasteiger partial charge in [-0.3, -0.25) is 0 Å². The molecule has 0 radical (unpaired) electrons. The maximum Gasteiger partial charge on any atom is 0.169 e. The Labute approximate surface area is 145 Å². The first-order chi connectivity index (χ1) is 12.2. The summed E-state index contributed by atoms with van der Waals surface area (Å²) in [5.74, 6) is 0.969. The molecule has 126 valence electrons. The third-order valence-electron chi connectivity index (χ3n) is 4.26. The van der Waals surface area contributed by atoms with E-state index < -0.39 is 6.10 Å². The van der Waals surface area contributed by atoms with Gasteiger partial charge in [-0.2, -0.15) is 0 Å². The molecule has 1 heterocycles. The molecule has 1 saturated heterocycles. The largest absolute Gasteiger partial charge is 0.504 e. The lowest BCUT2D eigenvalue weighted by atomic mass is 10.0. The second kappa shape index (κ2) is 6.59. The lowest BCUT2D eigenvalue weighted by molar-refractivity contribution is 0.136. The molecular weight excluding hydrogens is 316 g/mol. The predicted molar refractivity (Wildman–Crippen MR) is 93.6 cm³/mol. The SMILES string of the molecule is Oc1cc([C@H](O)[C@@H]2O[C@@H]2c2ccccc2)ccc1Oc1ccccc1. The zero-order valence-corrected chi connectivity index (χ0v) is 13.4. The molecule has 4 heteroatoms. The summed E-state index contributed by atoms with van der Waals surface area (Å²) in [6, 6.07) is 23.9. The average molecular weight is 334 g/mol. The van der Waals surface area contributed by atoms with Crippen molar-refractivity contribution in [2.45, 2.75) is 18.3 Å². The Bertz CT molecular complexity index is 848. The van der Waals surface area contributed by atoms with Gasteiger partial charge in [0, 0.05) is 0 Å². The highest BCUT2D eigenvalue weighted by Crippen LogP contribution is 2.46. The molecule has 0 aromatic heterocycles. The molecule has 1 aliphatic rings. The smallest absolute Gasteiger partial charge is 0.169 e. The standard InChI is InChI=1S/C21H18O4/c22-17-13-15(11-12-18(17)24-16-9-5-2-6-10-16)19(23)21-20(25-21)14-7-3-1-4-8-14/h1-13,19-23H/t19-,20+,21-/m0/s1. The number of phenolic OH excluding ortho intramolecular Hbond substituents is 1. The molecule has 0 spiro atoms. The number of aromatic hydroxyl groups is 1. The van der Waals surface area contributed by atoms with Crippen LogP contribution < -0.4 is 4.74 Å². The predicted octanol–water partition coefficient (Wildman–Crippen LogP) is 4.36. The van der Waals surface area contributed by atoms with Crippen molar-refractivity contribution in [3.8, 4) is 17.2 Å².